The molecule has 4 N–H and O–H groups in total. The van der Waals surface area contributed by atoms with Crippen molar-refractivity contribution >= 4 is 27.5 Å². The number of amides is 2. The van der Waals surface area contributed by atoms with Crippen molar-refractivity contribution in [2.75, 3.05) is 5.32 Å². The van der Waals surface area contributed by atoms with Gasteiger partial charge in [-0.25, -0.2) is 13.6 Å². The van der Waals surface area contributed by atoms with Crippen molar-refractivity contribution in [1.82, 2.24) is 5.32 Å². The number of nitrogens with two attached hydrogens (primary N) is 1. The molecule has 7 nitrogen and oxygen atoms in total. The fraction of sp³-hybridized carbons (Fsp3) is 0.273. The Morgan fingerprint density at radius 3 is 2.16 bits per heavy atom. The molecule has 0 radical (unpaired) electrons. The van der Waals surface area contributed by atoms with E-state index in [4.69, 9.17) is 5.14 Å². The molecule has 1 aliphatic carbocycles. The van der Waals surface area contributed by atoms with Gasteiger partial charge in [0.1, 0.15) is 0 Å². The predicted octanol–water partition coefficient (Wildman–Crippen LogP) is -0.449. The Bertz CT molecular complexity index is 605. The topological polar surface area (TPSA) is 118 Å². The van der Waals surface area contributed by atoms with E-state index in [1.54, 1.807) is 0 Å². The van der Waals surface area contributed by atoms with Gasteiger partial charge in [-0.15, -0.1) is 0 Å². The molecule has 102 valence electrons. The second-order valence-corrected chi connectivity index (χ2v) is 5.83. The molecule has 0 bridgehead atoms. The summed E-state index contributed by atoms with van der Waals surface area (Å²) in [5.41, 5.74) is 0.323. The Balaban J connectivity index is 1.98. The number of carbonyl (C=O) groups excluding carboxylic acids is 2. The maximum Gasteiger partial charge on any atom is 0.313 e. The van der Waals surface area contributed by atoms with Gasteiger partial charge in [-0.05, 0) is 37.1 Å². The monoisotopic (exact) mass is 283 g/mol. The highest BCUT2D eigenvalue weighted by atomic mass is 32.2. The van der Waals surface area contributed by atoms with Gasteiger partial charge in [0.2, 0.25) is 10.0 Å². The maximum atomic E-state index is 11.5. The predicted molar refractivity (Wildman–Crippen MR) is 67.6 cm³/mol. The third-order valence-corrected chi connectivity index (χ3v) is 3.49. The summed E-state index contributed by atoms with van der Waals surface area (Å²) in [6.45, 7) is 0. The molecule has 1 aromatic rings. The van der Waals surface area contributed by atoms with Crippen molar-refractivity contribution in [3.63, 3.8) is 0 Å². The smallest absolute Gasteiger partial charge is 0.313 e. The van der Waals surface area contributed by atoms with Crippen LogP contribution < -0.4 is 15.8 Å². The minimum atomic E-state index is -3.76. The average molecular weight is 283 g/mol. The summed E-state index contributed by atoms with van der Waals surface area (Å²) in [5, 5.41) is 9.85. The van der Waals surface area contributed by atoms with Gasteiger partial charge in [-0.1, -0.05) is 0 Å². The fourth-order valence-corrected chi connectivity index (χ4v) is 1.91. The molecule has 8 heteroatoms. The van der Waals surface area contributed by atoms with Gasteiger partial charge in [-0.3, -0.25) is 9.59 Å². The van der Waals surface area contributed by atoms with E-state index >= 15 is 0 Å². The number of anilines is 1. The lowest BCUT2D eigenvalue weighted by Gasteiger charge is -2.06. The van der Waals surface area contributed by atoms with Crippen molar-refractivity contribution in [1.29, 1.82) is 0 Å². The number of hydrogen-bond donors (Lipinski definition) is 3. The third-order valence-electron chi connectivity index (χ3n) is 2.56. The van der Waals surface area contributed by atoms with Crippen molar-refractivity contribution in [2.24, 2.45) is 5.14 Å². The highest BCUT2D eigenvalue weighted by Crippen LogP contribution is 2.18. The van der Waals surface area contributed by atoms with E-state index in [-0.39, 0.29) is 10.9 Å². The van der Waals surface area contributed by atoms with Crippen LogP contribution in [0.3, 0.4) is 0 Å². The van der Waals surface area contributed by atoms with Gasteiger partial charge in [0.15, 0.2) is 0 Å². The fourth-order valence-electron chi connectivity index (χ4n) is 1.39. The number of sulfonamides is 1. The molecular formula is C11H13N3O4S. The van der Waals surface area contributed by atoms with Gasteiger partial charge in [-0.2, -0.15) is 0 Å². The first kappa shape index (κ1) is 13.5. The van der Waals surface area contributed by atoms with E-state index in [9.17, 15) is 18.0 Å². The molecule has 0 atom stereocenters. The zero-order valence-corrected chi connectivity index (χ0v) is 10.7. The molecule has 0 aliphatic heterocycles. The minimum absolute atomic E-state index is 0.0621. The van der Waals surface area contributed by atoms with Gasteiger partial charge < -0.3 is 10.6 Å². The summed E-state index contributed by atoms with van der Waals surface area (Å²) >= 11 is 0. The first-order valence-electron chi connectivity index (χ1n) is 5.61. The Morgan fingerprint density at radius 2 is 1.68 bits per heavy atom. The molecule has 0 aromatic heterocycles. The summed E-state index contributed by atoms with van der Waals surface area (Å²) < 4.78 is 22.1. The molecule has 1 fully saturated rings. The number of rotatable bonds is 3. The van der Waals surface area contributed by atoms with Crippen LogP contribution in [0, 0.1) is 0 Å². The molecule has 2 rings (SSSR count). The second-order valence-electron chi connectivity index (χ2n) is 4.27. The van der Waals surface area contributed by atoms with E-state index in [1.807, 2.05) is 0 Å². The Labute approximate surface area is 110 Å². The Morgan fingerprint density at radius 1 is 1.11 bits per heavy atom. The third kappa shape index (κ3) is 3.76. The normalized spacial score (nSPS) is 14.8. The molecule has 1 aliphatic rings. The number of primary sulfonamides is 1. The Hall–Kier alpha value is -1.93. The molecule has 19 heavy (non-hydrogen) atoms. The lowest BCUT2D eigenvalue weighted by atomic mass is 10.3. The second kappa shape index (κ2) is 4.98. The summed E-state index contributed by atoms with van der Waals surface area (Å²) in [6.07, 6.45) is 1.78. The molecular weight excluding hydrogens is 270 g/mol. The zero-order valence-electron chi connectivity index (χ0n) is 9.92. The SMILES string of the molecule is NS(=O)(=O)c1ccc(NC(=O)C(=O)NC2CC2)cc1. The van der Waals surface area contributed by atoms with E-state index in [0.29, 0.717) is 5.69 Å². The highest BCUT2D eigenvalue weighted by Gasteiger charge is 2.26. The molecule has 1 saturated carbocycles. The van der Waals surface area contributed by atoms with Crippen LogP contribution in [-0.2, 0) is 19.6 Å². The quantitative estimate of drug-likeness (QED) is 0.651. The van der Waals surface area contributed by atoms with E-state index in [0.717, 1.165) is 12.8 Å². The largest absolute Gasteiger partial charge is 0.345 e. The lowest BCUT2D eigenvalue weighted by molar-refractivity contribution is -0.136. The average Bonchev–Trinajstić information content (AvgIpc) is 3.12. The molecule has 0 spiro atoms. The van der Waals surface area contributed by atoms with Gasteiger partial charge in [0.05, 0.1) is 4.90 Å². The molecule has 0 heterocycles. The summed E-state index contributed by atoms with van der Waals surface area (Å²) in [4.78, 5) is 22.8. The van der Waals surface area contributed by atoms with Crippen LogP contribution in [0.5, 0.6) is 0 Å². The first-order valence-corrected chi connectivity index (χ1v) is 7.15. The standard InChI is InChI=1S/C11H13N3O4S/c12-19(17,18)9-5-3-8(4-6-9)14-11(16)10(15)13-7-1-2-7/h3-7H,1-2H2,(H,13,15)(H,14,16)(H2,12,17,18). The van der Waals surface area contributed by atoms with Crippen molar-refractivity contribution < 1.29 is 18.0 Å². The lowest BCUT2D eigenvalue weighted by Crippen LogP contribution is -2.36. The van der Waals surface area contributed by atoms with E-state index in [2.05, 4.69) is 10.6 Å². The summed E-state index contributed by atoms with van der Waals surface area (Å²) in [6, 6.07) is 5.33. The maximum absolute atomic E-state index is 11.5. The number of benzene rings is 1. The van der Waals surface area contributed by atoms with E-state index < -0.39 is 21.8 Å². The molecule has 1 aromatic carbocycles. The first-order chi connectivity index (χ1) is 8.86. The van der Waals surface area contributed by atoms with Crippen LogP contribution in [0.4, 0.5) is 5.69 Å². The van der Waals surface area contributed by atoms with Crippen molar-refractivity contribution in [3.8, 4) is 0 Å². The van der Waals surface area contributed by atoms with Crippen LogP contribution in [0.15, 0.2) is 29.2 Å². The van der Waals surface area contributed by atoms with Gasteiger partial charge in [0.25, 0.3) is 0 Å². The minimum Gasteiger partial charge on any atom is -0.345 e. The van der Waals surface area contributed by atoms with Crippen LogP contribution in [-0.4, -0.2) is 26.3 Å². The van der Waals surface area contributed by atoms with E-state index in [1.165, 1.54) is 24.3 Å². The van der Waals surface area contributed by atoms with Crippen molar-refractivity contribution in [2.45, 2.75) is 23.8 Å². The zero-order chi connectivity index (χ0) is 14.0. The Kier molecular flexibility index (Phi) is 3.54. The number of hydrogen-bond acceptors (Lipinski definition) is 4. The number of nitrogens with one attached hydrogen (secondary N) is 2. The van der Waals surface area contributed by atoms with Gasteiger partial charge in [0, 0.05) is 11.7 Å². The summed E-state index contributed by atoms with van der Waals surface area (Å²) in [7, 11) is -3.76. The summed E-state index contributed by atoms with van der Waals surface area (Å²) in [5.74, 6) is -1.48. The number of carbonyl (C=O) groups is 2. The van der Waals surface area contributed by atoms with Crippen LogP contribution in [0.25, 0.3) is 0 Å². The van der Waals surface area contributed by atoms with Crippen molar-refractivity contribution in [3.05, 3.63) is 24.3 Å². The molecule has 0 unspecified atom stereocenters. The molecule has 2 amide bonds. The van der Waals surface area contributed by atoms with Crippen LogP contribution in [0.2, 0.25) is 0 Å². The molecule has 0 saturated heterocycles. The van der Waals surface area contributed by atoms with Gasteiger partial charge >= 0.3 is 11.8 Å². The highest BCUT2D eigenvalue weighted by molar-refractivity contribution is 7.89. The van der Waals surface area contributed by atoms with Crippen LogP contribution in [0.1, 0.15) is 12.8 Å². The van der Waals surface area contributed by atoms with Crippen LogP contribution >= 0.6 is 0 Å².